The van der Waals surface area contributed by atoms with Gasteiger partial charge in [-0.3, -0.25) is 4.79 Å². The molecule has 3 aromatic carbocycles. The molecule has 0 bridgehead atoms. The first-order valence-electron chi connectivity index (χ1n) is 10.1. The van der Waals surface area contributed by atoms with Crippen molar-refractivity contribution in [2.24, 2.45) is 0 Å². The van der Waals surface area contributed by atoms with Crippen molar-refractivity contribution in [2.45, 2.75) is 23.6 Å². The van der Waals surface area contributed by atoms with Gasteiger partial charge in [-0.25, -0.2) is 8.42 Å². The van der Waals surface area contributed by atoms with Crippen LogP contribution in [0.2, 0.25) is 5.02 Å². The molecule has 4 aromatic rings. The second-order valence-corrected chi connectivity index (χ2v) is 10.9. The van der Waals surface area contributed by atoms with Crippen molar-refractivity contribution in [1.82, 2.24) is 0 Å². The number of carbonyl (C=O) groups is 1. The number of halogens is 1. The van der Waals surface area contributed by atoms with Crippen LogP contribution in [0.25, 0.3) is 0 Å². The number of thiophene rings is 1. The zero-order valence-electron chi connectivity index (χ0n) is 17.9. The molecule has 0 unspecified atom stereocenters. The Kier molecular flexibility index (Phi) is 6.30. The van der Waals surface area contributed by atoms with Crippen molar-refractivity contribution < 1.29 is 13.2 Å². The number of ketones is 1. The summed E-state index contributed by atoms with van der Waals surface area (Å²) in [6, 6.07) is 20.4. The van der Waals surface area contributed by atoms with Gasteiger partial charge in [0.1, 0.15) is 14.8 Å². The number of nitrogens with two attached hydrogens (primary N) is 1. The average molecular weight is 497 g/mol. The minimum Gasteiger partial charge on any atom is -0.396 e. The average Bonchev–Trinajstić information content (AvgIpc) is 3.10. The summed E-state index contributed by atoms with van der Waals surface area (Å²) in [5.41, 5.74) is 9.19. The highest BCUT2D eigenvalue weighted by Crippen LogP contribution is 2.44. The largest absolute Gasteiger partial charge is 0.396 e. The Morgan fingerprint density at radius 2 is 1.70 bits per heavy atom. The molecular formula is C25H21ClN2O3S2. The monoisotopic (exact) mass is 496 g/mol. The summed E-state index contributed by atoms with van der Waals surface area (Å²) in [4.78, 5) is 13.6. The van der Waals surface area contributed by atoms with Crippen LogP contribution < -0.4 is 11.1 Å². The SMILES string of the molecule is Cc1ccc(C(=O)c2sc(Nc3cccc(Cl)c3)c(S(=O)(=O)c3ccccc3)c2N)c(C)c1. The molecule has 0 atom stereocenters. The van der Waals surface area contributed by atoms with Crippen molar-refractivity contribution in [2.75, 3.05) is 11.1 Å². The summed E-state index contributed by atoms with van der Waals surface area (Å²) in [6.45, 7) is 3.79. The molecule has 1 heterocycles. The minimum absolute atomic E-state index is 0.0710. The predicted molar refractivity (Wildman–Crippen MR) is 135 cm³/mol. The lowest BCUT2D eigenvalue weighted by atomic mass is 10.0. The van der Waals surface area contributed by atoms with Gasteiger partial charge in [-0.05, 0) is 49.7 Å². The summed E-state index contributed by atoms with van der Waals surface area (Å²) in [6.07, 6.45) is 0. The molecule has 0 aliphatic carbocycles. The molecule has 0 fully saturated rings. The third kappa shape index (κ3) is 4.53. The lowest BCUT2D eigenvalue weighted by molar-refractivity contribution is 0.104. The van der Waals surface area contributed by atoms with Crippen LogP contribution in [0, 0.1) is 13.8 Å². The van der Waals surface area contributed by atoms with Crippen molar-refractivity contribution >= 4 is 54.9 Å². The van der Waals surface area contributed by atoms with Gasteiger partial charge in [0.05, 0.1) is 10.6 Å². The Morgan fingerprint density at radius 3 is 2.36 bits per heavy atom. The van der Waals surface area contributed by atoms with Gasteiger partial charge in [0.25, 0.3) is 0 Å². The van der Waals surface area contributed by atoms with Crippen LogP contribution in [0.5, 0.6) is 0 Å². The van der Waals surface area contributed by atoms with Crippen LogP contribution >= 0.6 is 22.9 Å². The zero-order chi connectivity index (χ0) is 23.8. The van der Waals surface area contributed by atoms with Gasteiger partial charge >= 0.3 is 0 Å². The number of sulfone groups is 1. The Labute approximate surface area is 201 Å². The van der Waals surface area contributed by atoms with Crippen LogP contribution in [0.15, 0.2) is 82.6 Å². The van der Waals surface area contributed by atoms with E-state index in [0.29, 0.717) is 16.3 Å². The third-order valence-corrected chi connectivity index (χ3v) is 8.48. The maximum Gasteiger partial charge on any atom is 0.211 e. The maximum atomic E-state index is 13.6. The highest BCUT2D eigenvalue weighted by Gasteiger charge is 2.32. The summed E-state index contributed by atoms with van der Waals surface area (Å²) in [5, 5.41) is 3.85. The maximum absolute atomic E-state index is 13.6. The Balaban J connectivity index is 1.90. The molecule has 0 saturated heterocycles. The number of hydrogen-bond donors (Lipinski definition) is 2. The lowest BCUT2D eigenvalue weighted by Gasteiger charge is -2.10. The number of nitrogens with one attached hydrogen (secondary N) is 1. The van der Waals surface area contributed by atoms with E-state index in [4.69, 9.17) is 17.3 Å². The van der Waals surface area contributed by atoms with Gasteiger partial charge in [0.15, 0.2) is 0 Å². The van der Waals surface area contributed by atoms with E-state index in [1.807, 2.05) is 26.0 Å². The van der Waals surface area contributed by atoms with E-state index in [1.165, 1.54) is 12.1 Å². The number of aryl methyl sites for hydroxylation is 2. The van der Waals surface area contributed by atoms with E-state index in [2.05, 4.69) is 5.32 Å². The Hall–Kier alpha value is -3.13. The molecule has 5 nitrogen and oxygen atoms in total. The van der Waals surface area contributed by atoms with Crippen molar-refractivity contribution in [1.29, 1.82) is 0 Å². The van der Waals surface area contributed by atoms with E-state index >= 15 is 0 Å². The van der Waals surface area contributed by atoms with E-state index in [9.17, 15) is 13.2 Å². The lowest BCUT2D eigenvalue weighted by Crippen LogP contribution is -2.09. The fourth-order valence-electron chi connectivity index (χ4n) is 3.55. The van der Waals surface area contributed by atoms with E-state index < -0.39 is 9.84 Å². The fourth-order valence-corrected chi connectivity index (χ4v) is 6.69. The summed E-state index contributed by atoms with van der Waals surface area (Å²) < 4.78 is 27.1. The smallest absolute Gasteiger partial charge is 0.211 e. The molecule has 8 heteroatoms. The first-order chi connectivity index (χ1) is 15.7. The molecule has 0 aliphatic rings. The molecule has 4 rings (SSSR count). The molecule has 33 heavy (non-hydrogen) atoms. The van der Waals surface area contributed by atoms with Crippen LogP contribution in [0.4, 0.5) is 16.4 Å². The second kappa shape index (κ2) is 9.02. The first-order valence-corrected chi connectivity index (χ1v) is 12.7. The highest BCUT2D eigenvalue weighted by molar-refractivity contribution is 7.92. The van der Waals surface area contributed by atoms with E-state index in [-0.39, 0.29) is 31.1 Å². The molecule has 0 saturated carbocycles. The van der Waals surface area contributed by atoms with Gasteiger partial charge < -0.3 is 11.1 Å². The second-order valence-electron chi connectivity index (χ2n) is 7.60. The van der Waals surface area contributed by atoms with Crippen LogP contribution in [0.1, 0.15) is 26.4 Å². The highest BCUT2D eigenvalue weighted by atomic mass is 35.5. The van der Waals surface area contributed by atoms with E-state index in [1.54, 1.807) is 48.5 Å². The van der Waals surface area contributed by atoms with E-state index in [0.717, 1.165) is 22.5 Å². The van der Waals surface area contributed by atoms with Gasteiger partial charge in [0, 0.05) is 16.3 Å². The van der Waals surface area contributed by atoms with Crippen molar-refractivity contribution in [3.05, 3.63) is 99.4 Å². The normalized spacial score (nSPS) is 11.4. The molecule has 168 valence electrons. The standard InChI is InChI=1S/C25H21ClN2O3S2/c1-15-11-12-20(16(2)13-15)22(29)23-21(27)24(33(30,31)19-9-4-3-5-10-19)25(32-23)28-18-8-6-7-17(26)14-18/h3-14,28H,27H2,1-2H3. The Bertz CT molecular complexity index is 1460. The summed E-state index contributed by atoms with van der Waals surface area (Å²) in [5.74, 6) is -0.321. The van der Waals surface area contributed by atoms with Crippen LogP contribution in [-0.4, -0.2) is 14.2 Å². The summed E-state index contributed by atoms with van der Waals surface area (Å²) >= 11 is 7.12. The van der Waals surface area contributed by atoms with Gasteiger partial charge in [-0.15, -0.1) is 11.3 Å². The minimum atomic E-state index is -4.00. The van der Waals surface area contributed by atoms with Gasteiger partial charge in [-0.2, -0.15) is 0 Å². The third-order valence-electron chi connectivity index (χ3n) is 5.14. The molecular weight excluding hydrogens is 476 g/mol. The quantitative estimate of drug-likeness (QED) is 0.301. The van der Waals surface area contributed by atoms with Gasteiger partial charge in [0.2, 0.25) is 15.6 Å². The topological polar surface area (TPSA) is 89.3 Å². The number of benzene rings is 3. The number of hydrogen-bond acceptors (Lipinski definition) is 6. The Morgan fingerprint density at radius 1 is 0.970 bits per heavy atom. The fraction of sp³-hybridized carbons (Fsp3) is 0.0800. The van der Waals surface area contributed by atoms with Crippen molar-refractivity contribution in [3.63, 3.8) is 0 Å². The number of nitrogen functional groups attached to an aromatic ring is 1. The van der Waals surface area contributed by atoms with Crippen LogP contribution in [-0.2, 0) is 9.84 Å². The number of carbonyl (C=O) groups excluding carboxylic acids is 1. The molecule has 0 aliphatic heterocycles. The zero-order valence-corrected chi connectivity index (χ0v) is 20.3. The molecule has 3 N–H and O–H groups in total. The first kappa shape index (κ1) is 23.0. The van der Waals surface area contributed by atoms with Crippen LogP contribution in [0.3, 0.4) is 0 Å². The van der Waals surface area contributed by atoms with Crippen molar-refractivity contribution in [3.8, 4) is 0 Å². The number of rotatable bonds is 6. The van der Waals surface area contributed by atoms with Gasteiger partial charge in [-0.1, -0.05) is 59.6 Å². The molecule has 1 aromatic heterocycles. The number of anilines is 3. The predicted octanol–water partition coefficient (Wildman–Crippen LogP) is 6.41. The molecule has 0 amide bonds. The molecule has 0 radical (unpaired) electrons. The summed E-state index contributed by atoms with van der Waals surface area (Å²) in [7, 11) is -4.00. The molecule has 0 spiro atoms.